The van der Waals surface area contributed by atoms with E-state index in [1.165, 1.54) is 18.2 Å². The summed E-state index contributed by atoms with van der Waals surface area (Å²) in [6.07, 6.45) is 0.742. The van der Waals surface area contributed by atoms with Crippen molar-refractivity contribution in [2.75, 3.05) is 6.54 Å². The van der Waals surface area contributed by atoms with Gasteiger partial charge in [-0.2, -0.15) is 5.26 Å². The molecule has 0 saturated heterocycles. The first-order valence-electron chi connectivity index (χ1n) is 6.75. The number of halogens is 2. The fourth-order valence-corrected chi connectivity index (χ4v) is 2.19. The molecule has 0 amide bonds. The molecule has 0 unspecified atom stereocenters. The molecule has 0 saturated carbocycles. The van der Waals surface area contributed by atoms with E-state index in [0.717, 1.165) is 17.5 Å². The topological polar surface area (TPSA) is 35.8 Å². The van der Waals surface area contributed by atoms with E-state index in [9.17, 15) is 8.78 Å². The van der Waals surface area contributed by atoms with Crippen LogP contribution in [0.5, 0.6) is 0 Å². The normalized spacial score (nSPS) is 10.4. The molecule has 21 heavy (non-hydrogen) atoms. The van der Waals surface area contributed by atoms with Crippen LogP contribution in [-0.2, 0) is 13.0 Å². The molecule has 0 aromatic heterocycles. The second kappa shape index (κ2) is 6.96. The number of hydrogen-bond donors (Lipinski definition) is 1. The Morgan fingerprint density at radius 2 is 1.95 bits per heavy atom. The summed E-state index contributed by atoms with van der Waals surface area (Å²) in [6.45, 7) is 2.89. The highest BCUT2D eigenvalue weighted by Gasteiger charge is 2.07. The van der Waals surface area contributed by atoms with Crippen LogP contribution in [0.2, 0.25) is 0 Å². The van der Waals surface area contributed by atoms with Crippen LogP contribution in [0.4, 0.5) is 8.78 Å². The van der Waals surface area contributed by atoms with Crippen LogP contribution in [0.25, 0.3) is 0 Å². The standard InChI is InChI=1S/C17H16F2N2/c1-12-9-16(18)6-5-13(12)7-8-21-11-15-4-2-3-14(10-20)17(15)19/h2-6,9,21H,7-8,11H2,1H3. The molecule has 0 aliphatic rings. The number of nitrogens with zero attached hydrogens (tertiary/aromatic N) is 1. The summed E-state index contributed by atoms with van der Waals surface area (Å²) in [7, 11) is 0. The Morgan fingerprint density at radius 3 is 2.67 bits per heavy atom. The lowest BCUT2D eigenvalue weighted by Gasteiger charge is -2.08. The largest absolute Gasteiger partial charge is 0.312 e. The predicted octanol–water partition coefficient (Wildman–Crippen LogP) is 3.48. The van der Waals surface area contributed by atoms with E-state index in [-0.39, 0.29) is 11.4 Å². The first-order chi connectivity index (χ1) is 10.1. The zero-order valence-corrected chi connectivity index (χ0v) is 11.8. The fraction of sp³-hybridized carbons (Fsp3) is 0.235. The highest BCUT2D eigenvalue weighted by Crippen LogP contribution is 2.12. The Balaban J connectivity index is 1.89. The molecule has 2 aromatic carbocycles. The van der Waals surface area contributed by atoms with Gasteiger partial charge in [-0.05, 0) is 49.2 Å². The average molecular weight is 286 g/mol. The zero-order chi connectivity index (χ0) is 15.2. The molecule has 108 valence electrons. The van der Waals surface area contributed by atoms with Gasteiger partial charge in [0.2, 0.25) is 0 Å². The summed E-state index contributed by atoms with van der Waals surface area (Å²) in [5, 5.41) is 11.9. The fourth-order valence-electron chi connectivity index (χ4n) is 2.19. The average Bonchev–Trinajstić information content (AvgIpc) is 2.47. The molecule has 0 heterocycles. The number of rotatable bonds is 5. The van der Waals surface area contributed by atoms with Crippen molar-refractivity contribution in [1.82, 2.24) is 5.32 Å². The smallest absolute Gasteiger partial charge is 0.145 e. The summed E-state index contributed by atoms with van der Waals surface area (Å²) >= 11 is 0. The van der Waals surface area contributed by atoms with Crippen LogP contribution in [0, 0.1) is 29.9 Å². The van der Waals surface area contributed by atoms with Crippen molar-refractivity contribution in [3.63, 3.8) is 0 Å². The summed E-state index contributed by atoms with van der Waals surface area (Å²) in [4.78, 5) is 0. The van der Waals surface area contributed by atoms with E-state index in [1.807, 2.05) is 13.0 Å². The zero-order valence-electron chi connectivity index (χ0n) is 11.8. The molecular formula is C17H16F2N2. The minimum atomic E-state index is -0.467. The summed E-state index contributed by atoms with van der Waals surface area (Å²) in [5.41, 5.74) is 2.51. The first-order valence-corrected chi connectivity index (χ1v) is 6.75. The first kappa shape index (κ1) is 15.1. The highest BCUT2D eigenvalue weighted by atomic mass is 19.1. The van der Waals surface area contributed by atoms with E-state index in [2.05, 4.69) is 5.32 Å². The van der Waals surface area contributed by atoms with Crippen LogP contribution >= 0.6 is 0 Å². The number of hydrogen-bond acceptors (Lipinski definition) is 2. The number of aryl methyl sites for hydroxylation is 1. The van der Waals surface area contributed by atoms with E-state index < -0.39 is 5.82 Å². The Bertz CT molecular complexity index is 675. The molecule has 0 bridgehead atoms. The third kappa shape index (κ3) is 3.87. The van der Waals surface area contributed by atoms with E-state index in [4.69, 9.17) is 5.26 Å². The van der Waals surface area contributed by atoms with E-state index in [0.29, 0.717) is 18.7 Å². The predicted molar refractivity (Wildman–Crippen MR) is 77.7 cm³/mol. The molecule has 0 atom stereocenters. The molecular weight excluding hydrogens is 270 g/mol. The van der Waals surface area contributed by atoms with Gasteiger partial charge in [0, 0.05) is 12.1 Å². The monoisotopic (exact) mass is 286 g/mol. The molecule has 0 spiro atoms. The van der Waals surface area contributed by atoms with Crippen molar-refractivity contribution in [2.45, 2.75) is 19.9 Å². The lowest BCUT2D eigenvalue weighted by Crippen LogP contribution is -2.18. The second-order valence-corrected chi connectivity index (χ2v) is 4.89. The minimum absolute atomic E-state index is 0.0590. The van der Waals surface area contributed by atoms with Gasteiger partial charge in [0.1, 0.15) is 17.7 Å². The lowest BCUT2D eigenvalue weighted by atomic mass is 10.1. The SMILES string of the molecule is Cc1cc(F)ccc1CCNCc1cccc(C#N)c1F. The summed E-state index contributed by atoms with van der Waals surface area (Å²) < 4.78 is 26.8. The molecule has 2 aromatic rings. The van der Waals surface area contributed by atoms with Gasteiger partial charge in [0.25, 0.3) is 0 Å². The van der Waals surface area contributed by atoms with Crippen molar-refractivity contribution in [2.24, 2.45) is 0 Å². The van der Waals surface area contributed by atoms with E-state index >= 15 is 0 Å². The molecule has 4 heteroatoms. The Hall–Kier alpha value is -2.25. The van der Waals surface area contributed by atoms with Crippen LogP contribution in [-0.4, -0.2) is 6.54 Å². The van der Waals surface area contributed by atoms with Crippen LogP contribution in [0.3, 0.4) is 0 Å². The van der Waals surface area contributed by atoms with Gasteiger partial charge in [-0.15, -0.1) is 0 Å². The van der Waals surface area contributed by atoms with Crippen molar-refractivity contribution in [3.8, 4) is 6.07 Å². The Labute approximate surface area is 123 Å². The highest BCUT2D eigenvalue weighted by molar-refractivity contribution is 5.35. The minimum Gasteiger partial charge on any atom is -0.312 e. The molecule has 0 aliphatic carbocycles. The second-order valence-electron chi connectivity index (χ2n) is 4.89. The van der Waals surface area contributed by atoms with Crippen molar-refractivity contribution in [1.29, 1.82) is 5.26 Å². The molecule has 2 rings (SSSR count). The number of benzene rings is 2. The molecule has 1 N–H and O–H groups in total. The number of nitrogens with one attached hydrogen (secondary N) is 1. The van der Waals surface area contributed by atoms with Crippen molar-refractivity contribution in [3.05, 3.63) is 70.3 Å². The maximum absolute atomic E-state index is 13.8. The van der Waals surface area contributed by atoms with Gasteiger partial charge in [0.05, 0.1) is 5.56 Å². The van der Waals surface area contributed by atoms with Gasteiger partial charge >= 0.3 is 0 Å². The van der Waals surface area contributed by atoms with Crippen molar-refractivity contribution < 1.29 is 8.78 Å². The van der Waals surface area contributed by atoms with Gasteiger partial charge in [-0.1, -0.05) is 18.2 Å². The van der Waals surface area contributed by atoms with Gasteiger partial charge < -0.3 is 5.32 Å². The molecule has 0 radical (unpaired) electrons. The van der Waals surface area contributed by atoms with Crippen molar-refractivity contribution >= 4 is 0 Å². The molecule has 2 nitrogen and oxygen atoms in total. The maximum Gasteiger partial charge on any atom is 0.145 e. The van der Waals surface area contributed by atoms with Crippen LogP contribution < -0.4 is 5.32 Å². The third-order valence-corrected chi connectivity index (χ3v) is 3.39. The molecule has 0 fully saturated rings. The van der Waals surface area contributed by atoms with Crippen LogP contribution in [0.1, 0.15) is 22.3 Å². The third-order valence-electron chi connectivity index (χ3n) is 3.39. The van der Waals surface area contributed by atoms with Gasteiger partial charge in [-0.25, -0.2) is 8.78 Å². The van der Waals surface area contributed by atoms with Crippen LogP contribution in [0.15, 0.2) is 36.4 Å². The quantitative estimate of drug-likeness (QED) is 0.854. The lowest BCUT2D eigenvalue weighted by molar-refractivity contribution is 0.585. The summed E-state index contributed by atoms with van der Waals surface area (Å²) in [5.74, 6) is -0.704. The van der Waals surface area contributed by atoms with Gasteiger partial charge in [-0.3, -0.25) is 0 Å². The Morgan fingerprint density at radius 1 is 1.14 bits per heavy atom. The molecule has 0 aliphatic heterocycles. The summed E-state index contributed by atoms with van der Waals surface area (Å²) in [6, 6.07) is 11.3. The Kier molecular flexibility index (Phi) is 5.02. The van der Waals surface area contributed by atoms with Gasteiger partial charge in [0.15, 0.2) is 0 Å². The maximum atomic E-state index is 13.8. The number of nitriles is 1. The van der Waals surface area contributed by atoms with E-state index in [1.54, 1.807) is 18.2 Å².